The molecule has 2 N–H and O–H groups in total. The maximum absolute atomic E-state index is 11.9. The molecule has 1 aliphatic carbocycles. The van der Waals surface area contributed by atoms with Gasteiger partial charge in [0.15, 0.2) is 0 Å². The average Bonchev–Trinajstić information content (AvgIpc) is 2.56. The lowest BCUT2D eigenvalue weighted by Gasteiger charge is -2.23. The third-order valence-corrected chi connectivity index (χ3v) is 4.09. The number of carbonyl (C=O) groups is 2. The molecular weight excluding hydrogens is 306 g/mol. The monoisotopic (exact) mass is 333 g/mol. The van der Waals surface area contributed by atoms with Crippen molar-refractivity contribution in [2.24, 2.45) is 0 Å². The Hall–Kier alpha value is -2.08. The van der Waals surface area contributed by atoms with Gasteiger partial charge >= 0.3 is 6.03 Å². The van der Waals surface area contributed by atoms with Crippen molar-refractivity contribution < 1.29 is 14.3 Å². The summed E-state index contributed by atoms with van der Waals surface area (Å²) in [5.41, 5.74) is 0. The van der Waals surface area contributed by atoms with Gasteiger partial charge in [-0.3, -0.25) is 15.0 Å². The molecule has 0 atom stereocenters. The Morgan fingerprint density at radius 3 is 2.58 bits per heavy atom. The first-order valence-corrected chi connectivity index (χ1v) is 8.60. The number of nitrogens with one attached hydrogen (secondary N) is 2. The Kier molecular flexibility index (Phi) is 7.55. The molecule has 6 heteroatoms. The van der Waals surface area contributed by atoms with Crippen molar-refractivity contribution >= 4 is 11.9 Å². The summed E-state index contributed by atoms with van der Waals surface area (Å²) in [5.74, 6) is 0.507. The van der Waals surface area contributed by atoms with Crippen LogP contribution in [0.1, 0.15) is 32.1 Å². The number of imide groups is 1. The predicted molar refractivity (Wildman–Crippen MR) is 93.0 cm³/mol. The molecule has 0 unspecified atom stereocenters. The van der Waals surface area contributed by atoms with Crippen molar-refractivity contribution in [3.63, 3.8) is 0 Å². The minimum Gasteiger partial charge on any atom is -0.492 e. The number of likely N-dealkylation sites (N-methyl/N-ethyl adjacent to an activating group) is 1. The molecule has 1 aliphatic rings. The van der Waals surface area contributed by atoms with E-state index >= 15 is 0 Å². The Balaban J connectivity index is 1.59. The predicted octanol–water partition coefficient (Wildman–Crippen LogP) is 2.16. The van der Waals surface area contributed by atoms with Crippen molar-refractivity contribution in [2.45, 2.75) is 38.1 Å². The van der Waals surface area contributed by atoms with Crippen LogP contribution >= 0.6 is 0 Å². The molecule has 0 aromatic heterocycles. The molecule has 2 rings (SSSR count). The maximum Gasteiger partial charge on any atom is 0.321 e. The van der Waals surface area contributed by atoms with Crippen LogP contribution in [0, 0.1) is 0 Å². The van der Waals surface area contributed by atoms with Gasteiger partial charge in [-0.2, -0.15) is 0 Å². The summed E-state index contributed by atoms with van der Waals surface area (Å²) in [6.45, 7) is 1.25. The van der Waals surface area contributed by atoms with Crippen LogP contribution in [0.4, 0.5) is 4.79 Å². The highest BCUT2D eigenvalue weighted by Gasteiger charge is 2.17. The first-order valence-electron chi connectivity index (χ1n) is 8.60. The SMILES string of the molecule is CN(CCOc1ccccc1)CC(=O)NC(=O)NC1CCCCC1. The minimum absolute atomic E-state index is 0.163. The fourth-order valence-electron chi connectivity index (χ4n) is 2.79. The number of benzene rings is 1. The van der Waals surface area contributed by atoms with Gasteiger partial charge in [0.2, 0.25) is 5.91 Å². The van der Waals surface area contributed by atoms with E-state index in [1.807, 2.05) is 42.3 Å². The molecule has 0 radical (unpaired) electrons. The van der Waals surface area contributed by atoms with E-state index < -0.39 is 0 Å². The third kappa shape index (κ3) is 7.00. The molecule has 1 saturated carbocycles. The summed E-state index contributed by atoms with van der Waals surface area (Å²) in [6, 6.07) is 9.35. The van der Waals surface area contributed by atoms with E-state index in [0.29, 0.717) is 13.2 Å². The Labute approximate surface area is 143 Å². The average molecular weight is 333 g/mol. The van der Waals surface area contributed by atoms with Gasteiger partial charge in [-0.1, -0.05) is 37.5 Å². The molecule has 0 heterocycles. The van der Waals surface area contributed by atoms with E-state index in [4.69, 9.17) is 4.74 Å². The van der Waals surface area contributed by atoms with Crippen LogP contribution in [0.2, 0.25) is 0 Å². The molecule has 0 bridgehead atoms. The van der Waals surface area contributed by atoms with E-state index in [0.717, 1.165) is 31.4 Å². The van der Waals surface area contributed by atoms with Gasteiger partial charge < -0.3 is 10.1 Å². The molecule has 6 nitrogen and oxygen atoms in total. The smallest absolute Gasteiger partial charge is 0.321 e. The molecule has 0 saturated heterocycles. The Morgan fingerprint density at radius 1 is 1.17 bits per heavy atom. The van der Waals surface area contributed by atoms with Crippen molar-refractivity contribution in [3.05, 3.63) is 30.3 Å². The lowest BCUT2D eigenvalue weighted by molar-refractivity contribution is -0.120. The summed E-state index contributed by atoms with van der Waals surface area (Å²) < 4.78 is 5.59. The highest BCUT2D eigenvalue weighted by atomic mass is 16.5. The first-order chi connectivity index (χ1) is 11.6. The molecular formula is C18H27N3O3. The number of para-hydroxylation sites is 1. The van der Waals surface area contributed by atoms with Crippen LogP contribution in [0.5, 0.6) is 5.75 Å². The Morgan fingerprint density at radius 2 is 1.88 bits per heavy atom. The normalized spacial score (nSPS) is 15.1. The van der Waals surface area contributed by atoms with Gasteiger partial charge in [-0.15, -0.1) is 0 Å². The van der Waals surface area contributed by atoms with Gasteiger partial charge in [0.1, 0.15) is 12.4 Å². The van der Waals surface area contributed by atoms with E-state index in [1.165, 1.54) is 6.42 Å². The second kappa shape index (κ2) is 9.93. The fraction of sp³-hybridized carbons (Fsp3) is 0.556. The molecule has 1 fully saturated rings. The van der Waals surface area contributed by atoms with Crippen molar-refractivity contribution in [1.29, 1.82) is 0 Å². The van der Waals surface area contributed by atoms with Gasteiger partial charge in [-0.05, 0) is 32.0 Å². The molecule has 1 aromatic carbocycles. The second-order valence-corrected chi connectivity index (χ2v) is 6.26. The van der Waals surface area contributed by atoms with Gasteiger partial charge in [-0.25, -0.2) is 4.79 Å². The van der Waals surface area contributed by atoms with Gasteiger partial charge in [0, 0.05) is 12.6 Å². The fourth-order valence-corrected chi connectivity index (χ4v) is 2.79. The number of nitrogens with zero attached hydrogens (tertiary/aromatic N) is 1. The quantitative estimate of drug-likeness (QED) is 0.802. The van der Waals surface area contributed by atoms with E-state index in [2.05, 4.69) is 10.6 Å². The highest BCUT2D eigenvalue weighted by molar-refractivity contribution is 5.95. The van der Waals surface area contributed by atoms with Gasteiger partial charge in [0.05, 0.1) is 6.54 Å². The van der Waals surface area contributed by atoms with Crippen LogP contribution in [0.15, 0.2) is 30.3 Å². The van der Waals surface area contributed by atoms with E-state index in [9.17, 15) is 9.59 Å². The number of rotatable bonds is 7. The molecule has 24 heavy (non-hydrogen) atoms. The number of hydrogen-bond donors (Lipinski definition) is 2. The lowest BCUT2D eigenvalue weighted by atomic mass is 9.96. The summed E-state index contributed by atoms with van der Waals surface area (Å²) in [6.07, 6.45) is 5.51. The zero-order valence-electron chi connectivity index (χ0n) is 14.3. The zero-order chi connectivity index (χ0) is 17.2. The van der Waals surface area contributed by atoms with Gasteiger partial charge in [0.25, 0.3) is 0 Å². The molecule has 132 valence electrons. The number of carbonyl (C=O) groups excluding carboxylic acids is 2. The first kappa shape index (κ1) is 18.3. The topological polar surface area (TPSA) is 70.7 Å². The number of hydrogen-bond acceptors (Lipinski definition) is 4. The van der Waals surface area contributed by atoms with Crippen molar-refractivity contribution in [3.8, 4) is 5.75 Å². The standard InChI is InChI=1S/C18H27N3O3/c1-21(12-13-24-16-10-6-3-7-11-16)14-17(22)20-18(23)19-15-8-4-2-5-9-15/h3,6-7,10-11,15H,2,4-5,8-9,12-14H2,1H3,(H2,19,20,22,23). The largest absolute Gasteiger partial charge is 0.492 e. The van der Waals surface area contributed by atoms with E-state index in [1.54, 1.807) is 0 Å². The number of ether oxygens (including phenoxy) is 1. The molecule has 0 aliphatic heterocycles. The maximum atomic E-state index is 11.9. The summed E-state index contributed by atoms with van der Waals surface area (Å²) in [7, 11) is 1.83. The summed E-state index contributed by atoms with van der Waals surface area (Å²) in [4.78, 5) is 25.5. The molecule has 1 aromatic rings. The van der Waals surface area contributed by atoms with E-state index in [-0.39, 0.29) is 24.5 Å². The number of amides is 3. The van der Waals surface area contributed by atoms with Crippen LogP contribution in [-0.4, -0.2) is 49.6 Å². The summed E-state index contributed by atoms with van der Waals surface area (Å²) in [5, 5.41) is 5.27. The zero-order valence-corrected chi connectivity index (χ0v) is 14.3. The van der Waals surface area contributed by atoms with Crippen molar-refractivity contribution in [2.75, 3.05) is 26.7 Å². The van der Waals surface area contributed by atoms with Crippen LogP contribution in [0.25, 0.3) is 0 Å². The highest BCUT2D eigenvalue weighted by Crippen LogP contribution is 2.17. The Bertz CT molecular complexity index is 516. The molecule has 0 spiro atoms. The van der Waals surface area contributed by atoms with Crippen LogP contribution < -0.4 is 15.4 Å². The van der Waals surface area contributed by atoms with Crippen molar-refractivity contribution in [1.82, 2.24) is 15.5 Å². The second-order valence-electron chi connectivity index (χ2n) is 6.26. The van der Waals surface area contributed by atoms with Crippen LogP contribution in [0.3, 0.4) is 0 Å². The lowest BCUT2D eigenvalue weighted by Crippen LogP contribution is -2.47. The van der Waals surface area contributed by atoms with Crippen LogP contribution in [-0.2, 0) is 4.79 Å². The summed E-state index contributed by atoms with van der Waals surface area (Å²) >= 11 is 0. The third-order valence-electron chi connectivity index (χ3n) is 4.09. The minimum atomic E-state index is -0.388. The number of urea groups is 1. The molecule has 3 amide bonds.